The van der Waals surface area contributed by atoms with Gasteiger partial charge in [-0.05, 0) is 41.0 Å². The maximum Gasteiger partial charge on any atom is 0.119 e. The Kier molecular flexibility index (Phi) is 5.36. The van der Waals surface area contributed by atoms with Crippen molar-refractivity contribution in [2.75, 3.05) is 14.2 Å². The monoisotopic (exact) mass is 333 g/mol. The molecule has 1 unspecified atom stereocenters. The van der Waals surface area contributed by atoms with Gasteiger partial charge in [-0.3, -0.25) is 0 Å². The highest BCUT2D eigenvalue weighted by Gasteiger charge is 2.24. The van der Waals surface area contributed by atoms with Crippen LogP contribution in [0, 0.1) is 0 Å². The van der Waals surface area contributed by atoms with E-state index in [9.17, 15) is 0 Å². The fraction of sp³-hybridized carbons (Fsp3) is 0.182. The van der Waals surface area contributed by atoms with Crippen LogP contribution < -0.4 is 15.2 Å². The highest BCUT2D eigenvalue weighted by atomic mass is 16.5. The Hall–Kier alpha value is -2.78. The molecular formula is C22H23NO2. The van der Waals surface area contributed by atoms with Gasteiger partial charge in [0.25, 0.3) is 0 Å². The van der Waals surface area contributed by atoms with Crippen molar-refractivity contribution in [3.8, 4) is 11.5 Å². The molecule has 0 saturated heterocycles. The Morgan fingerprint density at radius 3 is 1.60 bits per heavy atom. The maximum atomic E-state index is 6.70. The standard InChI is InChI=1S/C22H23NO2/c1-24-19-12-6-10-17(14-19)21(18-11-7-13-20(15-18)25-2)22(23)16-8-4-3-5-9-16/h3-15,21-22H,23H2,1-2H3. The second kappa shape index (κ2) is 7.86. The van der Waals surface area contributed by atoms with Crippen molar-refractivity contribution in [1.29, 1.82) is 0 Å². The molecule has 3 rings (SSSR count). The predicted molar refractivity (Wildman–Crippen MR) is 101 cm³/mol. The SMILES string of the molecule is COc1cccc(C(c2cccc(OC)c2)C(N)c2ccccc2)c1. The lowest BCUT2D eigenvalue weighted by Crippen LogP contribution is -2.21. The van der Waals surface area contributed by atoms with Crippen molar-refractivity contribution >= 4 is 0 Å². The molecule has 0 bridgehead atoms. The molecule has 128 valence electrons. The normalized spacial score (nSPS) is 12.0. The molecule has 0 radical (unpaired) electrons. The maximum absolute atomic E-state index is 6.70. The van der Waals surface area contributed by atoms with Crippen LogP contribution in [0.25, 0.3) is 0 Å². The zero-order valence-corrected chi connectivity index (χ0v) is 14.6. The van der Waals surface area contributed by atoms with E-state index in [2.05, 4.69) is 24.3 Å². The van der Waals surface area contributed by atoms with Gasteiger partial charge >= 0.3 is 0 Å². The van der Waals surface area contributed by atoms with Gasteiger partial charge in [0.1, 0.15) is 11.5 Å². The van der Waals surface area contributed by atoms with Crippen LogP contribution in [0.1, 0.15) is 28.7 Å². The van der Waals surface area contributed by atoms with E-state index in [0.717, 1.165) is 28.2 Å². The quantitative estimate of drug-likeness (QED) is 0.720. The van der Waals surface area contributed by atoms with Gasteiger partial charge in [0, 0.05) is 12.0 Å². The summed E-state index contributed by atoms with van der Waals surface area (Å²) in [5, 5.41) is 0. The Bertz CT molecular complexity index is 770. The minimum absolute atomic E-state index is 0.00685. The van der Waals surface area contributed by atoms with Crippen LogP contribution in [0.15, 0.2) is 78.9 Å². The number of benzene rings is 3. The Morgan fingerprint density at radius 1 is 0.640 bits per heavy atom. The number of nitrogens with two attached hydrogens (primary N) is 1. The summed E-state index contributed by atoms with van der Waals surface area (Å²) in [6.45, 7) is 0. The summed E-state index contributed by atoms with van der Waals surface area (Å²) in [7, 11) is 3.35. The van der Waals surface area contributed by atoms with E-state index < -0.39 is 0 Å². The molecule has 0 aliphatic carbocycles. The first-order chi connectivity index (χ1) is 12.2. The third kappa shape index (κ3) is 3.83. The van der Waals surface area contributed by atoms with Gasteiger partial charge in [-0.15, -0.1) is 0 Å². The zero-order chi connectivity index (χ0) is 17.6. The topological polar surface area (TPSA) is 44.5 Å². The highest BCUT2D eigenvalue weighted by molar-refractivity contribution is 5.43. The molecular weight excluding hydrogens is 310 g/mol. The van der Waals surface area contributed by atoms with E-state index in [1.807, 2.05) is 54.6 Å². The average molecular weight is 333 g/mol. The first-order valence-electron chi connectivity index (χ1n) is 8.31. The largest absolute Gasteiger partial charge is 0.497 e. The summed E-state index contributed by atoms with van der Waals surface area (Å²) < 4.78 is 10.8. The average Bonchev–Trinajstić information content (AvgIpc) is 2.69. The van der Waals surface area contributed by atoms with Gasteiger partial charge in [0.2, 0.25) is 0 Å². The molecule has 0 amide bonds. The summed E-state index contributed by atoms with van der Waals surface area (Å²) in [5.74, 6) is 1.64. The van der Waals surface area contributed by atoms with E-state index >= 15 is 0 Å². The summed E-state index contributed by atoms with van der Waals surface area (Å²) in [6, 6.07) is 26.2. The summed E-state index contributed by atoms with van der Waals surface area (Å²) >= 11 is 0. The van der Waals surface area contributed by atoms with Crippen molar-refractivity contribution in [3.05, 3.63) is 95.6 Å². The van der Waals surface area contributed by atoms with Crippen LogP contribution >= 0.6 is 0 Å². The predicted octanol–water partition coefficient (Wildman–Crippen LogP) is 4.54. The van der Waals surface area contributed by atoms with Gasteiger partial charge in [0.05, 0.1) is 14.2 Å². The Labute approximate surface area is 149 Å². The molecule has 25 heavy (non-hydrogen) atoms. The lowest BCUT2D eigenvalue weighted by Gasteiger charge is -2.26. The lowest BCUT2D eigenvalue weighted by atomic mass is 9.82. The zero-order valence-electron chi connectivity index (χ0n) is 14.6. The molecule has 3 heteroatoms. The molecule has 0 aliphatic heterocycles. The van der Waals surface area contributed by atoms with Gasteiger partial charge in [-0.1, -0.05) is 54.6 Å². The summed E-state index contributed by atoms with van der Waals surface area (Å²) in [5.41, 5.74) is 10.0. The molecule has 2 N–H and O–H groups in total. The molecule has 0 aromatic heterocycles. The van der Waals surface area contributed by atoms with Crippen molar-refractivity contribution < 1.29 is 9.47 Å². The molecule has 0 saturated carbocycles. The van der Waals surface area contributed by atoms with Crippen LogP contribution in [0.3, 0.4) is 0 Å². The number of methoxy groups -OCH3 is 2. The molecule has 0 spiro atoms. The summed E-state index contributed by atoms with van der Waals surface area (Å²) in [4.78, 5) is 0. The van der Waals surface area contributed by atoms with E-state index in [-0.39, 0.29) is 12.0 Å². The Morgan fingerprint density at radius 2 is 1.12 bits per heavy atom. The molecule has 1 atom stereocenters. The van der Waals surface area contributed by atoms with Gasteiger partial charge < -0.3 is 15.2 Å². The number of hydrogen-bond donors (Lipinski definition) is 1. The van der Waals surface area contributed by atoms with Crippen LogP contribution in [-0.2, 0) is 0 Å². The number of ether oxygens (including phenoxy) is 2. The van der Waals surface area contributed by atoms with Crippen LogP contribution in [0.2, 0.25) is 0 Å². The minimum Gasteiger partial charge on any atom is -0.497 e. The molecule has 0 fully saturated rings. The van der Waals surface area contributed by atoms with Crippen molar-refractivity contribution in [3.63, 3.8) is 0 Å². The Balaban J connectivity index is 2.10. The number of rotatable bonds is 6. The second-order valence-corrected chi connectivity index (χ2v) is 5.97. The second-order valence-electron chi connectivity index (χ2n) is 5.97. The summed E-state index contributed by atoms with van der Waals surface area (Å²) in [6.07, 6.45) is 0. The smallest absolute Gasteiger partial charge is 0.119 e. The van der Waals surface area contributed by atoms with E-state index in [4.69, 9.17) is 15.2 Å². The number of hydrogen-bond acceptors (Lipinski definition) is 3. The fourth-order valence-electron chi connectivity index (χ4n) is 3.14. The van der Waals surface area contributed by atoms with Crippen molar-refractivity contribution in [2.24, 2.45) is 5.73 Å². The lowest BCUT2D eigenvalue weighted by molar-refractivity contribution is 0.412. The van der Waals surface area contributed by atoms with Gasteiger partial charge in [-0.25, -0.2) is 0 Å². The van der Waals surface area contributed by atoms with Crippen LogP contribution in [0.4, 0.5) is 0 Å². The first kappa shape index (κ1) is 17.1. The van der Waals surface area contributed by atoms with Crippen LogP contribution in [0.5, 0.6) is 11.5 Å². The van der Waals surface area contributed by atoms with E-state index in [1.165, 1.54) is 0 Å². The molecule has 0 heterocycles. The van der Waals surface area contributed by atoms with E-state index in [0.29, 0.717) is 0 Å². The first-order valence-corrected chi connectivity index (χ1v) is 8.31. The molecule has 3 aromatic carbocycles. The van der Waals surface area contributed by atoms with Crippen molar-refractivity contribution in [2.45, 2.75) is 12.0 Å². The third-order valence-corrected chi connectivity index (χ3v) is 4.45. The van der Waals surface area contributed by atoms with Crippen LogP contribution in [-0.4, -0.2) is 14.2 Å². The van der Waals surface area contributed by atoms with E-state index in [1.54, 1.807) is 14.2 Å². The van der Waals surface area contributed by atoms with Gasteiger partial charge in [-0.2, -0.15) is 0 Å². The minimum atomic E-state index is -0.180. The third-order valence-electron chi connectivity index (χ3n) is 4.45. The van der Waals surface area contributed by atoms with Gasteiger partial charge in [0.15, 0.2) is 0 Å². The molecule has 3 aromatic rings. The highest BCUT2D eigenvalue weighted by Crippen LogP contribution is 2.37. The molecule has 0 aliphatic rings. The molecule has 3 nitrogen and oxygen atoms in total. The fourth-order valence-corrected chi connectivity index (χ4v) is 3.14. The van der Waals surface area contributed by atoms with Crippen molar-refractivity contribution in [1.82, 2.24) is 0 Å².